The Morgan fingerprint density at radius 2 is 2.05 bits per heavy atom. The van der Waals surface area contributed by atoms with Crippen LogP contribution in [-0.4, -0.2) is 23.3 Å². The lowest BCUT2D eigenvalue weighted by Gasteiger charge is -1.99. The van der Waals surface area contributed by atoms with Gasteiger partial charge in [0, 0.05) is 12.2 Å². The molecule has 2 aromatic rings. The molecule has 102 valence electrons. The van der Waals surface area contributed by atoms with E-state index in [0.29, 0.717) is 31.5 Å². The van der Waals surface area contributed by atoms with Crippen LogP contribution in [0.25, 0.3) is 11.5 Å². The summed E-state index contributed by atoms with van der Waals surface area (Å²) in [5.41, 5.74) is 7.63. The fourth-order valence-electron chi connectivity index (χ4n) is 1.72. The van der Waals surface area contributed by atoms with Crippen LogP contribution in [0, 0.1) is 0 Å². The lowest BCUT2D eigenvalue weighted by Crippen LogP contribution is -2.02. The minimum absolute atomic E-state index is 0.391. The third kappa shape index (κ3) is 3.87. The van der Waals surface area contributed by atoms with Crippen molar-refractivity contribution in [2.75, 3.05) is 13.2 Å². The van der Waals surface area contributed by atoms with Gasteiger partial charge in [-0.3, -0.25) is 0 Å². The van der Waals surface area contributed by atoms with Gasteiger partial charge in [0.15, 0.2) is 5.82 Å². The Labute approximate surface area is 112 Å². The molecule has 2 N–H and O–H groups in total. The van der Waals surface area contributed by atoms with E-state index in [1.807, 2.05) is 24.3 Å². The van der Waals surface area contributed by atoms with Crippen LogP contribution in [-0.2, 0) is 17.8 Å². The van der Waals surface area contributed by atoms with Crippen molar-refractivity contribution in [3.8, 4) is 11.5 Å². The van der Waals surface area contributed by atoms with Gasteiger partial charge in [-0.25, -0.2) is 0 Å². The lowest BCUT2D eigenvalue weighted by molar-refractivity contribution is 0.114. The molecule has 0 bridgehead atoms. The van der Waals surface area contributed by atoms with Crippen LogP contribution in [0.4, 0.5) is 0 Å². The molecule has 5 nitrogen and oxygen atoms in total. The van der Waals surface area contributed by atoms with Crippen molar-refractivity contribution in [1.82, 2.24) is 10.1 Å². The molecule has 5 heteroatoms. The second-order valence-corrected chi connectivity index (χ2v) is 4.30. The number of benzene rings is 1. The van der Waals surface area contributed by atoms with E-state index < -0.39 is 0 Å². The fourth-order valence-corrected chi connectivity index (χ4v) is 1.72. The Morgan fingerprint density at radius 3 is 2.74 bits per heavy atom. The molecule has 0 spiro atoms. The molecule has 0 atom stereocenters. The largest absolute Gasteiger partial charge is 0.373 e. The number of aromatic nitrogens is 2. The summed E-state index contributed by atoms with van der Waals surface area (Å²) in [5.74, 6) is 1.10. The highest BCUT2D eigenvalue weighted by Crippen LogP contribution is 2.18. The molecule has 0 saturated heterocycles. The van der Waals surface area contributed by atoms with Gasteiger partial charge in [0.05, 0.1) is 0 Å². The van der Waals surface area contributed by atoms with Gasteiger partial charge in [-0.2, -0.15) is 4.98 Å². The SMILES string of the molecule is CCCOCc1noc(-c2ccc(CCN)cc2)n1. The predicted molar refractivity (Wildman–Crippen MR) is 72.4 cm³/mol. The zero-order valence-corrected chi connectivity index (χ0v) is 11.1. The Kier molecular flexibility index (Phi) is 5.06. The van der Waals surface area contributed by atoms with Gasteiger partial charge in [-0.15, -0.1) is 0 Å². The van der Waals surface area contributed by atoms with Crippen molar-refractivity contribution < 1.29 is 9.26 Å². The minimum Gasteiger partial charge on any atom is -0.373 e. The molecular weight excluding hydrogens is 242 g/mol. The zero-order chi connectivity index (χ0) is 13.5. The fraction of sp³-hybridized carbons (Fsp3) is 0.429. The Morgan fingerprint density at radius 1 is 1.26 bits per heavy atom. The van der Waals surface area contributed by atoms with Crippen molar-refractivity contribution in [2.45, 2.75) is 26.4 Å². The van der Waals surface area contributed by atoms with Crippen molar-refractivity contribution in [1.29, 1.82) is 0 Å². The van der Waals surface area contributed by atoms with Crippen molar-refractivity contribution in [3.63, 3.8) is 0 Å². The number of ether oxygens (including phenoxy) is 1. The maximum atomic E-state index is 5.52. The van der Waals surface area contributed by atoms with Crippen molar-refractivity contribution >= 4 is 0 Å². The lowest BCUT2D eigenvalue weighted by atomic mass is 10.1. The van der Waals surface area contributed by atoms with Crippen LogP contribution in [0.1, 0.15) is 24.7 Å². The van der Waals surface area contributed by atoms with E-state index in [9.17, 15) is 0 Å². The summed E-state index contributed by atoms with van der Waals surface area (Å²) in [4.78, 5) is 4.30. The summed E-state index contributed by atoms with van der Waals surface area (Å²) in [6.45, 7) is 3.81. The normalized spacial score (nSPS) is 10.8. The Balaban J connectivity index is 2.01. The summed E-state index contributed by atoms with van der Waals surface area (Å²) in [6, 6.07) is 7.99. The highest BCUT2D eigenvalue weighted by Gasteiger charge is 2.08. The molecule has 0 radical (unpaired) electrons. The first kappa shape index (κ1) is 13.7. The molecule has 0 unspecified atom stereocenters. The van der Waals surface area contributed by atoms with Gasteiger partial charge in [0.2, 0.25) is 0 Å². The molecular formula is C14H19N3O2. The number of rotatable bonds is 7. The second-order valence-electron chi connectivity index (χ2n) is 4.30. The molecule has 0 saturated carbocycles. The average Bonchev–Trinajstić information content (AvgIpc) is 2.89. The van der Waals surface area contributed by atoms with Crippen molar-refractivity contribution in [3.05, 3.63) is 35.7 Å². The van der Waals surface area contributed by atoms with E-state index in [0.717, 1.165) is 18.4 Å². The quantitative estimate of drug-likeness (QED) is 0.773. The molecule has 1 aromatic carbocycles. The van der Waals surface area contributed by atoms with Gasteiger partial charge < -0.3 is 15.0 Å². The van der Waals surface area contributed by atoms with Crippen LogP contribution in [0.3, 0.4) is 0 Å². The Bertz CT molecular complexity index is 494. The zero-order valence-electron chi connectivity index (χ0n) is 11.1. The highest BCUT2D eigenvalue weighted by molar-refractivity contribution is 5.53. The Hall–Kier alpha value is -1.72. The van der Waals surface area contributed by atoms with Crippen LogP contribution in [0.2, 0.25) is 0 Å². The molecule has 0 fully saturated rings. The van der Waals surface area contributed by atoms with E-state index in [1.165, 1.54) is 5.56 Å². The van der Waals surface area contributed by atoms with E-state index >= 15 is 0 Å². The van der Waals surface area contributed by atoms with Gasteiger partial charge >= 0.3 is 0 Å². The number of hydrogen-bond acceptors (Lipinski definition) is 5. The highest BCUT2D eigenvalue weighted by atomic mass is 16.5. The summed E-state index contributed by atoms with van der Waals surface area (Å²) in [6.07, 6.45) is 1.85. The maximum Gasteiger partial charge on any atom is 0.258 e. The predicted octanol–water partition coefficient (Wildman–Crippen LogP) is 2.16. The second kappa shape index (κ2) is 7.01. The molecule has 0 aliphatic carbocycles. The van der Waals surface area contributed by atoms with Gasteiger partial charge in [-0.1, -0.05) is 24.2 Å². The van der Waals surface area contributed by atoms with Crippen LogP contribution < -0.4 is 5.73 Å². The monoisotopic (exact) mass is 261 g/mol. The molecule has 0 aliphatic heterocycles. The van der Waals surface area contributed by atoms with E-state index in [1.54, 1.807) is 0 Å². The third-order valence-corrected chi connectivity index (χ3v) is 2.68. The van der Waals surface area contributed by atoms with Gasteiger partial charge in [-0.05, 0) is 37.1 Å². The number of nitrogens with zero attached hydrogens (tertiary/aromatic N) is 2. The van der Waals surface area contributed by atoms with Crippen LogP contribution in [0.15, 0.2) is 28.8 Å². The van der Waals surface area contributed by atoms with E-state index in [4.69, 9.17) is 15.0 Å². The van der Waals surface area contributed by atoms with Gasteiger partial charge in [0.1, 0.15) is 6.61 Å². The van der Waals surface area contributed by atoms with Crippen molar-refractivity contribution in [2.24, 2.45) is 5.73 Å². The van der Waals surface area contributed by atoms with Crippen LogP contribution >= 0.6 is 0 Å². The molecule has 19 heavy (non-hydrogen) atoms. The molecule has 1 heterocycles. The molecule has 1 aromatic heterocycles. The minimum atomic E-state index is 0.391. The summed E-state index contributed by atoms with van der Waals surface area (Å²) >= 11 is 0. The molecule has 0 amide bonds. The summed E-state index contributed by atoms with van der Waals surface area (Å²) < 4.78 is 10.6. The van der Waals surface area contributed by atoms with Crippen LogP contribution in [0.5, 0.6) is 0 Å². The number of hydrogen-bond donors (Lipinski definition) is 1. The molecule has 0 aliphatic rings. The van der Waals surface area contributed by atoms with E-state index in [2.05, 4.69) is 17.1 Å². The topological polar surface area (TPSA) is 74.2 Å². The first-order chi connectivity index (χ1) is 9.33. The maximum absolute atomic E-state index is 5.52. The summed E-state index contributed by atoms with van der Waals surface area (Å²) in [5, 5.41) is 3.89. The first-order valence-electron chi connectivity index (χ1n) is 6.53. The standard InChI is InChI=1S/C14H19N3O2/c1-2-9-18-10-13-16-14(19-17-13)12-5-3-11(4-6-12)7-8-15/h3-6H,2,7-10,15H2,1H3. The van der Waals surface area contributed by atoms with E-state index in [-0.39, 0.29) is 0 Å². The molecule has 2 rings (SSSR count). The number of nitrogens with two attached hydrogens (primary N) is 1. The van der Waals surface area contributed by atoms with Gasteiger partial charge in [0.25, 0.3) is 5.89 Å². The first-order valence-corrected chi connectivity index (χ1v) is 6.53. The average molecular weight is 261 g/mol. The smallest absolute Gasteiger partial charge is 0.258 e. The third-order valence-electron chi connectivity index (χ3n) is 2.68. The summed E-state index contributed by atoms with van der Waals surface area (Å²) in [7, 11) is 0.